The van der Waals surface area contributed by atoms with Crippen LogP contribution in [-0.2, 0) is 14.4 Å². The van der Waals surface area contributed by atoms with Gasteiger partial charge >= 0.3 is 0 Å². The van der Waals surface area contributed by atoms with Gasteiger partial charge in [-0.2, -0.15) is 0 Å². The highest BCUT2D eigenvalue weighted by Crippen LogP contribution is 2.65. The molecule has 7 unspecified atom stereocenters. The number of benzene rings is 1. The number of carbonyl (C=O) groups excluding carboxylic acids is 3. The van der Waals surface area contributed by atoms with E-state index in [4.69, 9.17) is 0 Å². The van der Waals surface area contributed by atoms with E-state index in [-0.39, 0.29) is 46.9 Å². The van der Waals surface area contributed by atoms with Gasteiger partial charge in [0.05, 0.1) is 16.8 Å². The molecule has 0 spiro atoms. The van der Waals surface area contributed by atoms with Gasteiger partial charge in [0.2, 0.25) is 17.7 Å². The minimum absolute atomic E-state index is 0.105. The second-order valence-electron chi connectivity index (χ2n) is 8.17. The molecule has 2 bridgehead atoms. The highest BCUT2D eigenvalue weighted by molar-refractivity contribution is 6.10. The number of nitrogens with one attached hydrogen (secondary N) is 1. The molecule has 0 aromatic heterocycles. The van der Waals surface area contributed by atoms with Crippen molar-refractivity contribution >= 4 is 29.1 Å². The van der Waals surface area contributed by atoms with Crippen molar-refractivity contribution in [3.05, 3.63) is 46.5 Å². The number of hydrogen-bond acceptors (Lipinski definition) is 5. The maximum Gasteiger partial charge on any atom is 0.271 e. The van der Waals surface area contributed by atoms with Gasteiger partial charge in [-0.25, -0.2) is 0 Å². The van der Waals surface area contributed by atoms with Crippen molar-refractivity contribution in [3.8, 4) is 0 Å². The number of nitrogens with zero attached hydrogens (tertiary/aromatic N) is 2. The normalized spacial score (nSPS) is 35.4. The third-order valence-electron chi connectivity index (χ3n) is 6.79. The molecule has 4 aliphatic carbocycles. The number of non-ortho nitro benzene ring substituents is 1. The van der Waals surface area contributed by atoms with Crippen LogP contribution in [-0.4, -0.2) is 33.6 Å². The average molecular weight is 381 g/mol. The Morgan fingerprint density at radius 3 is 2.36 bits per heavy atom. The molecular weight excluding hydrogens is 362 g/mol. The van der Waals surface area contributed by atoms with Gasteiger partial charge in [0, 0.05) is 17.8 Å². The number of amides is 3. The van der Waals surface area contributed by atoms with Gasteiger partial charge in [0.1, 0.15) is 6.04 Å². The van der Waals surface area contributed by atoms with E-state index in [1.54, 1.807) is 0 Å². The Kier molecular flexibility index (Phi) is 3.50. The highest BCUT2D eigenvalue weighted by Gasteiger charge is 2.67. The number of anilines is 1. The molecule has 1 heterocycles. The zero-order chi connectivity index (χ0) is 19.7. The average Bonchev–Trinajstić information content (AvgIpc) is 3.45. The highest BCUT2D eigenvalue weighted by atomic mass is 16.6. The monoisotopic (exact) mass is 381 g/mol. The Morgan fingerprint density at radius 1 is 1.18 bits per heavy atom. The van der Waals surface area contributed by atoms with E-state index in [0.717, 1.165) is 11.3 Å². The summed E-state index contributed by atoms with van der Waals surface area (Å²) in [6, 6.07) is 4.60. The van der Waals surface area contributed by atoms with E-state index in [9.17, 15) is 24.5 Å². The molecule has 1 aliphatic heterocycles. The van der Waals surface area contributed by atoms with Crippen molar-refractivity contribution in [1.29, 1.82) is 0 Å². The number of likely N-dealkylation sites (tertiary alicyclic amines) is 1. The van der Waals surface area contributed by atoms with Crippen LogP contribution in [0.15, 0.2) is 36.4 Å². The molecule has 0 radical (unpaired) electrons. The number of carbonyl (C=O) groups is 3. The topological polar surface area (TPSA) is 110 Å². The summed E-state index contributed by atoms with van der Waals surface area (Å²) in [5.41, 5.74) is 0.109. The van der Waals surface area contributed by atoms with E-state index in [2.05, 4.69) is 17.5 Å². The zero-order valence-electron chi connectivity index (χ0n) is 15.1. The fourth-order valence-electron chi connectivity index (χ4n) is 5.42. The summed E-state index contributed by atoms with van der Waals surface area (Å²) in [5.74, 6) is -0.543. The van der Waals surface area contributed by atoms with Crippen LogP contribution in [0.1, 0.15) is 13.3 Å². The number of nitro groups is 1. The molecule has 3 fully saturated rings. The van der Waals surface area contributed by atoms with E-state index >= 15 is 0 Å². The van der Waals surface area contributed by atoms with Crippen LogP contribution in [0.3, 0.4) is 0 Å². The summed E-state index contributed by atoms with van der Waals surface area (Å²) < 4.78 is 0. The Bertz CT molecular complexity index is 921. The number of nitro benzene ring substituents is 1. The molecule has 6 rings (SSSR count). The first-order valence-corrected chi connectivity index (χ1v) is 9.49. The minimum Gasteiger partial charge on any atom is -0.324 e. The molecule has 8 nitrogen and oxygen atoms in total. The van der Waals surface area contributed by atoms with E-state index in [1.165, 1.54) is 31.2 Å². The SMILES string of the molecule is CC(C(=O)Nc1cccc([N+](=O)[O-])c1)N1C(=O)C2C3C=CC(C4CC34)C2C1=O. The second kappa shape index (κ2) is 5.73. The summed E-state index contributed by atoms with van der Waals surface area (Å²) in [6.45, 7) is 1.52. The maximum atomic E-state index is 13.0. The Labute approximate surface area is 160 Å². The lowest BCUT2D eigenvalue weighted by Crippen LogP contribution is -2.46. The Hall–Kier alpha value is -3.03. The fraction of sp³-hybridized carbons (Fsp3) is 0.450. The van der Waals surface area contributed by atoms with Gasteiger partial charge < -0.3 is 5.32 Å². The van der Waals surface area contributed by atoms with Crippen molar-refractivity contribution in [1.82, 2.24) is 4.90 Å². The minimum atomic E-state index is -0.972. The Balaban J connectivity index is 1.36. The predicted molar refractivity (Wildman–Crippen MR) is 97.7 cm³/mol. The van der Waals surface area contributed by atoms with Crippen molar-refractivity contribution in [2.24, 2.45) is 35.5 Å². The van der Waals surface area contributed by atoms with Crippen LogP contribution in [0.5, 0.6) is 0 Å². The molecule has 1 aromatic carbocycles. The molecule has 1 saturated heterocycles. The van der Waals surface area contributed by atoms with Crippen LogP contribution >= 0.6 is 0 Å². The summed E-state index contributed by atoms with van der Waals surface area (Å²) in [5, 5.41) is 13.5. The van der Waals surface area contributed by atoms with E-state index in [0.29, 0.717) is 11.8 Å². The smallest absolute Gasteiger partial charge is 0.271 e. The molecule has 8 heteroatoms. The van der Waals surface area contributed by atoms with Gasteiger partial charge in [-0.1, -0.05) is 18.2 Å². The van der Waals surface area contributed by atoms with Gasteiger partial charge in [-0.3, -0.25) is 29.4 Å². The summed E-state index contributed by atoms with van der Waals surface area (Å²) in [4.78, 5) is 50.2. The number of allylic oxidation sites excluding steroid dienone is 2. The quantitative estimate of drug-likeness (QED) is 0.371. The van der Waals surface area contributed by atoms with E-state index in [1.807, 2.05) is 0 Å². The first-order valence-electron chi connectivity index (χ1n) is 9.49. The molecular formula is C20H19N3O5. The first-order chi connectivity index (χ1) is 13.4. The lowest BCUT2D eigenvalue weighted by molar-refractivity contribution is -0.384. The number of rotatable bonds is 4. The van der Waals surface area contributed by atoms with Gasteiger partial charge in [0.25, 0.3) is 5.69 Å². The Morgan fingerprint density at radius 2 is 1.79 bits per heavy atom. The fourth-order valence-corrected chi connectivity index (χ4v) is 5.42. The molecule has 5 aliphatic rings. The first kappa shape index (κ1) is 17.1. The predicted octanol–water partition coefficient (Wildman–Crippen LogP) is 1.97. The standard InChI is InChI=1S/C20H19N3O5/c1-9(18(24)21-10-3-2-4-11(7-10)23(27)28)22-19(25)16-12-5-6-13(15-8-14(12)15)17(16)20(22)26/h2-7,9,12-17H,8H2,1H3,(H,21,24). The maximum absolute atomic E-state index is 13.0. The van der Waals surface area contributed by atoms with Crippen molar-refractivity contribution in [3.63, 3.8) is 0 Å². The lowest BCUT2D eigenvalue weighted by atomic mass is 9.63. The third-order valence-corrected chi connectivity index (χ3v) is 6.79. The van der Waals surface area contributed by atoms with Crippen LogP contribution in [0.25, 0.3) is 0 Å². The molecule has 3 amide bonds. The number of imide groups is 1. The van der Waals surface area contributed by atoms with Crippen molar-refractivity contribution in [2.75, 3.05) is 5.32 Å². The summed E-state index contributed by atoms with van der Waals surface area (Å²) >= 11 is 0. The van der Waals surface area contributed by atoms with Gasteiger partial charge in [0.15, 0.2) is 0 Å². The number of hydrogen-bond donors (Lipinski definition) is 1. The van der Waals surface area contributed by atoms with Crippen LogP contribution < -0.4 is 5.32 Å². The van der Waals surface area contributed by atoms with Crippen LogP contribution in [0, 0.1) is 45.6 Å². The molecule has 1 aromatic rings. The zero-order valence-corrected chi connectivity index (χ0v) is 15.1. The second-order valence-corrected chi connectivity index (χ2v) is 8.17. The largest absolute Gasteiger partial charge is 0.324 e. The summed E-state index contributed by atoms with van der Waals surface area (Å²) in [6.07, 6.45) is 5.25. The summed E-state index contributed by atoms with van der Waals surface area (Å²) in [7, 11) is 0. The molecule has 144 valence electrons. The third kappa shape index (κ3) is 2.26. The van der Waals surface area contributed by atoms with Gasteiger partial charge in [-0.15, -0.1) is 0 Å². The van der Waals surface area contributed by atoms with Gasteiger partial charge in [-0.05, 0) is 43.1 Å². The lowest BCUT2D eigenvalue weighted by Gasteiger charge is -2.37. The van der Waals surface area contributed by atoms with Crippen LogP contribution in [0.4, 0.5) is 11.4 Å². The molecule has 28 heavy (non-hydrogen) atoms. The van der Waals surface area contributed by atoms with E-state index < -0.39 is 16.9 Å². The molecule has 7 atom stereocenters. The molecule has 2 saturated carbocycles. The molecule has 1 N–H and O–H groups in total. The van der Waals surface area contributed by atoms with Crippen molar-refractivity contribution in [2.45, 2.75) is 19.4 Å². The van der Waals surface area contributed by atoms with Crippen molar-refractivity contribution < 1.29 is 19.3 Å². The van der Waals surface area contributed by atoms with Crippen LogP contribution in [0.2, 0.25) is 0 Å².